The highest BCUT2D eigenvalue weighted by Gasteiger charge is 2.22. The molecule has 2 aromatic heterocycles. The number of benzene rings is 2. The first-order chi connectivity index (χ1) is 13.0. The molecule has 0 bridgehead atoms. The molecular weight excluding hydrogens is 378 g/mol. The van der Waals surface area contributed by atoms with Gasteiger partial charge in [-0.3, -0.25) is 9.48 Å². The Hall–Kier alpha value is -2.63. The van der Waals surface area contributed by atoms with Crippen LogP contribution in [-0.4, -0.2) is 14.3 Å². The molecule has 0 N–H and O–H groups in total. The molecule has 0 saturated carbocycles. The Morgan fingerprint density at radius 3 is 2.33 bits per heavy atom. The standard InChI is InChI=1S/C21H18ClN3OS/c1-13-18(21(26)25(24(13)3)17-7-5-4-6-8-17)19-14(2)27-20(23-19)15-9-11-16(22)12-10-15/h4-12H,1-3H3. The molecule has 27 heavy (non-hydrogen) atoms. The van der Waals surface area contributed by atoms with Gasteiger partial charge in [0, 0.05) is 28.2 Å². The number of aryl methyl sites for hydroxylation is 1. The highest BCUT2D eigenvalue weighted by molar-refractivity contribution is 7.15. The van der Waals surface area contributed by atoms with Crippen molar-refractivity contribution in [2.45, 2.75) is 13.8 Å². The molecule has 0 fully saturated rings. The number of hydrogen-bond donors (Lipinski definition) is 0. The number of rotatable bonds is 3. The van der Waals surface area contributed by atoms with Gasteiger partial charge in [-0.2, -0.15) is 0 Å². The molecule has 0 radical (unpaired) electrons. The summed E-state index contributed by atoms with van der Waals surface area (Å²) in [6.07, 6.45) is 0. The maximum absolute atomic E-state index is 13.2. The Kier molecular flexibility index (Phi) is 4.50. The van der Waals surface area contributed by atoms with Gasteiger partial charge >= 0.3 is 0 Å². The van der Waals surface area contributed by atoms with Crippen LogP contribution in [0.1, 0.15) is 10.6 Å². The Balaban J connectivity index is 1.88. The second-order valence-electron chi connectivity index (χ2n) is 6.37. The zero-order valence-corrected chi connectivity index (χ0v) is 16.8. The van der Waals surface area contributed by atoms with E-state index in [0.29, 0.717) is 10.6 Å². The normalized spacial score (nSPS) is 11.1. The van der Waals surface area contributed by atoms with Gasteiger partial charge in [0.1, 0.15) is 5.01 Å². The fourth-order valence-electron chi connectivity index (χ4n) is 3.19. The van der Waals surface area contributed by atoms with Crippen molar-refractivity contribution < 1.29 is 0 Å². The maximum atomic E-state index is 13.2. The van der Waals surface area contributed by atoms with Crippen LogP contribution in [0.4, 0.5) is 0 Å². The van der Waals surface area contributed by atoms with E-state index in [1.54, 1.807) is 16.0 Å². The summed E-state index contributed by atoms with van der Waals surface area (Å²) in [5, 5.41) is 1.57. The molecule has 0 saturated heterocycles. The second kappa shape index (κ2) is 6.83. The summed E-state index contributed by atoms with van der Waals surface area (Å²) in [7, 11) is 1.90. The van der Waals surface area contributed by atoms with Crippen molar-refractivity contribution in [3.8, 4) is 27.5 Å². The Labute approximate surface area is 166 Å². The van der Waals surface area contributed by atoms with Gasteiger partial charge in [0.05, 0.1) is 16.9 Å². The molecular formula is C21H18ClN3OS. The van der Waals surface area contributed by atoms with Crippen LogP contribution in [0.15, 0.2) is 59.4 Å². The number of hydrogen-bond acceptors (Lipinski definition) is 3. The molecule has 2 aromatic carbocycles. The molecule has 2 heterocycles. The Morgan fingerprint density at radius 1 is 1.00 bits per heavy atom. The van der Waals surface area contributed by atoms with Crippen LogP contribution < -0.4 is 5.56 Å². The fourth-order valence-corrected chi connectivity index (χ4v) is 4.24. The summed E-state index contributed by atoms with van der Waals surface area (Å²) >= 11 is 7.57. The number of aromatic nitrogens is 3. The van der Waals surface area contributed by atoms with E-state index in [4.69, 9.17) is 16.6 Å². The van der Waals surface area contributed by atoms with Crippen molar-refractivity contribution in [1.82, 2.24) is 14.3 Å². The maximum Gasteiger partial charge on any atom is 0.281 e. The molecule has 136 valence electrons. The predicted molar refractivity (Wildman–Crippen MR) is 112 cm³/mol. The van der Waals surface area contributed by atoms with Gasteiger partial charge in [0.25, 0.3) is 5.56 Å². The van der Waals surface area contributed by atoms with Gasteiger partial charge in [-0.1, -0.05) is 41.9 Å². The molecule has 0 amide bonds. The lowest BCUT2D eigenvalue weighted by atomic mass is 10.1. The van der Waals surface area contributed by atoms with Crippen molar-refractivity contribution in [3.63, 3.8) is 0 Å². The largest absolute Gasteiger partial charge is 0.285 e. The number of halogens is 1. The Bertz CT molecular complexity index is 1170. The lowest BCUT2D eigenvalue weighted by molar-refractivity contribution is 0.630. The van der Waals surface area contributed by atoms with Crippen LogP contribution in [0.5, 0.6) is 0 Å². The number of para-hydroxylation sites is 1. The smallest absolute Gasteiger partial charge is 0.281 e. The first-order valence-corrected chi connectivity index (χ1v) is 9.74. The van der Waals surface area contributed by atoms with Crippen LogP contribution in [0.25, 0.3) is 27.5 Å². The number of thiazole rings is 1. The minimum absolute atomic E-state index is 0.0581. The fraction of sp³-hybridized carbons (Fsp3) is 0.143. The molecule has 0 aliphatic carbocycles. The van der Waals surface area contributed by atoms with E-state index in [1.807, 2.05) is 80.2 Å². The summed E-state index contributed by atoms with van der Waals surface area (Å²) in [6, 6.07) is 17.2. The molecule has 4 aromatic rings. The highest BCUT2D eigenvalue weighted by Crippen LogP contribution is 2.34. The van der Waals surface area contributed by atoms with E-state index in [2.05, 4.69) is 0 Å². The third-order valence-electron chi connectivity index (χ3n) is 4.68. The van der Waals surface area contributed by atoms with Crippen molar-refractivity contribution in [3.05, 3.63) is 80.5 Å². The monoisotopic (exact) mass is 395 g/mol. The minimum atomic E-state index is -0.0581. The van der Waals surface area contributed by atoms with Crippen molar-refractivity contribution in [2.24, 2.45) is 7.05 Å². The van der Waals surface area contributed by atoms with Crippen LogP contribution in [0.2, 0.25) is 5.02 Å². The summed E-state index contributed by atoms with van der Waals surface area (Å²) in [5.74, 6) is 0. The van der Waals surface area contributed by atoms with Crippen LogP contribution in [-0.2, 0) is 7.05 Å². The van der Waals surface area contributed by atoms with E-state index < -0.39 is 0 Å². The van der Waals surface area contributed by atoms with E-state index in [9.17, 15) is 4.79 Å². The summed E-state index contributed by atoms with van der Waals surface area (Å²) in [6.45, 7) is 3.96. The van der Waals surface area contributed by atoms with Gasteiger partial charge < -0.3 is 0 Å². The molecule has 0 atom stereocenters. The third-order valence-corrected chi connectivity index (χ3v) is 5.95. The first-order valence-electron chi connectivity index (χ1n) is 8.55. The third kappa shape index (κ3) is 3.03. The zero-order chi connectivity index (χ0) is 19.1. The lowest BCUT2D eigenvalue weighted by Gasteiger charge is -2.07. The SMILES string of the molecule is Cc1sc(-c2ccc(Cl)cc2)nc1-c1c(C)n(C)n(-c2ccccc2)c1=O. The number of nitrogens with zero attached hydrogens (tertiary/aromatic N) is 3. The molecule has 0 aliphatic heterocycles. The van der Waals surface area contributed by atoms with E-state index in [0.717, 1.165) is 32.5 Å². The van der Waals surface area contributed by atoms with Crippen LogP contribution in [0, 0.1) is 13.8 Å². The predicted octanol–water partition coefficient (Wildman–Crippen LogP) is 5.24. The zero-order valence-electron chi connectivity index (χ0n) is 15.2. The van der Waals surface area contributed by atoms with E-state index in [1.165, 1.54) is 0 Å². The second-order valence-corrected chi connectivity index (χ2v) is 8.01. The van der Waals surface area contributed by atoms with Crippen molar-refractivity contribution in [1.29, 1.82) is 0 Å². The molecule has 4 nitrogen and oxygen atoms in total. The molecule has 0 aliphatic rings. The van der Waals surface area contributed by atoms with Crippen molar-refractivity contribution >= 4 is 22.9 Å². The van der Waals surface area contributed by atoms with Gasteiger partial charge in [-0.05, 0) is 38.1 Å². The lowest BCUT2D eigenvalue weighted by Crippen LogP contribution is -2.20. The van der Waals surface area contributed by atoms with Gasteiger partial charge in [-0.15, -0.1) is 11.3 Å². The van der Waals surface area contributed by atoms with Crippen molar-refractivity contribution in [2.75, 3.05) is 0 Å². The topological polar surface area (TPSA) is 39.8 Å². The average Bonchev–Trinajstić information content (AvgIpc) is 3.14. The summed E-state index contributed by atoms with van der Waals surface area (Å²) in [5.41, 5.74) is 4.06. The van der Waals surface area contributed by atoms with Crippen LogP contribution >= 0.6 is 22.9 Å². The van der Waals surface area contributed by atoms with Gasteiger partial charge in [0.15, 0.2) is 0 Å². The molecule has 6 heteroatoms. The molecule has 0 unspecified atom stereocenters. The average molecular weight is 396 g/mol. The highest BCUT2D eigenvalue weighted by atomic mass is 35.5. The summed E-state index contributed by atoms with van der Waals surface area (Å²) < 4.78 is 3.57. The summed E-state index contributed by atoms with van der Waals surface area (Å²) in [4.78, 5) is 19.1. The first kappa shape index (κ1) is 17.8. The van der Waals surface area contributed by atoms with E-state index >= 15 is 0 Å². The van der Waals surface area contributed by atoms with E-state index in [-0.39, 0.29) is 5.56 Å². The Morgan fingerprint density at radius 2 is 1.67 bits per heavy atom. The minimum Gasteiger partial charge on any atom is -0.285 e. The quantitative estimate of drug-likeness (QED) is 0.476. The molecule has 0 spiro atoms. The van der Waals surface area contributed by atoms with Crippen LogP contribution in [0.3, 0.4) is 0 Å². The van der Waals surface area contributed by atoms with Gasteiger partial charge in [0.2, 0.25) is 0 Å². The van der Waals surface area contributed by atoms with Gasteiger partial charge in [-0.25, -0.2) is 9.67 Å². The molecule has 4 rings (SSSR count).